The molecule has 0 saturated carbocycles. The standard InChI is InChI=1S/C21H18F2N2O/c22-21(23)26-20-13-11-17(12-14-20)15-24-25(19-9-5-2-6-10-19)16-18-7-3-1-4-8-18/h1-15,21H,16H2. The monoisotopic (exact) mass is 352 g/mol. The Hall–Kier alpha value is -3.21. The van der Waals surface area contributed by atoms with E-state index in [0.29, 0.717) is 6.54 Å². The van der Waals surface area contributed by atoms with Gasteiger partial charge < -0.3 is 4.74 Å². The molecule has 0 fully saturated rings. The molecular formula is C21H18F2N2O. The summed E-state index contributed by atoms with van der Waals surface area (Å²) in [6.45, 7) is -2.21. The molecular weight excluding hydrogens is 334 g/mol. The van der Waals surface area contributed by atoms with Gasteiger partial charge in [0.1, 0.15) is 5.75 Å². The smallest absolute Gasteiger partial charge is 0.387 e. The van der Waals surface area contributed by atoms with Crippen LogP contribution in [-0.4, -0.2) is 12.8 Å². The van der Waals surface area contributed by atoms with Crippen LogP contribution in [0.3, 0.4) is 0 Å². The number of anilines is 1. The summed E-state index contributed by atoms with van der Waals surface area (Å²) in [6, 6.07) is 26.3. The molecule has 0 atom stereocenters. The number of hydrogen-bond acceptors (Lipinski definition) is 3. The van der Waals surface area contributed by atoms with Crippen LogP contribution < -0.4 is 9.75 Å². The van der Waals surface area contributed by atoms with Gasteiger partial charge in [0.25, 0.3) is 0 Å². The minimum absolute atomic E-state index is 0.126. The molecule has 0 saturated heterocycles. The molecule has 0 aliphatic rings. The summed E-state index contributed by atoms with van der Waals surface area (Å²) in [5, 5.41) is 6.46. The Morgan fingerprint density at radius 3 is 2.08 bits per heavy atom. The van der Waals surface area contributed by atoms with E-state index >= 15 is 0 Å². The zero-order valence-electron chi connectivity index (χ0n) is 14.0. The number of ether oxygens (including phenoxy) is 1. The Kier molecular flexibility index (Phi) is 5.93. The first kappa shape index (κ1) is 17.6. The van der Waals surface area contributed by atoms with Crippen molar-refractivity contribution >= 4 is 11.9 Å². The fourth-order valence-electron chi connectivity index (χ4n) is 2.43. The lowest BCUT2D eigenvalue weighted by atomic mass is 10.2. The first-order valence-electron chi connectivity index (χ1n) is 8.16. The van der Waals surface area contributed by atoms with Crippen LogP contribution in [0, 0.1) is 0 Å². The highest BCUT2D eigenvalue weighted by Crippen LogP contribution is 2.18. The first-order valence-corrected chi connectivity index (χ1v) is 8.16. The molecule has 3 rings (SSSR count). The Bertz CT molecular complexity index is 822. The van der Waals surface area contributed by atoms with E-state index in [0.717, 1.165) is 16.8 Å². The fraction of sp³-hybridized carbons (Fsp3) is 0.0952. The highest BCUT2D eigenvalue weighted by molar-refractivity contribution is 5.80. The van der Waals surface area contributed by atoms with Gasteiger partial charge in [-0.25, -0.2) is 0 Å². The van der Waals surface area contributed by atoms with Crippen LogP contribution >= 0.6 is 0 Å². The maximum absolute atomic E-state index is 12.2. The van der Waals surface area contributed by atoms with Gasteiger partial charge in [0.05, 0.1) is 18.4 Å². The largest absolute Gasteiger partial charge is 0.435 e. The molecule has 0 aliphatic carbocycles. The zero-order chi connectivity index (χ0) is 18.2. The van der Waals surface area contributed by atoms with Crippen LogP contribution in [0.2, 0.25) is 0 Å². The van der Waals surface area contributed by atoms with Crippen molar-refractivity contribution in [1.82, 2.24) is 0 Å². The average Bonchev–Trinajstić information content (AvgIpc) is 2.67. The summed E-state index contributed by atoms with van der Waals surface area (Å²) in [5.74, 6) is 0.126. The van der Waals surface area contributed by atoms with Gasteiger partial charge in [-0.15, -0.1) is 0 Å². The Morgan fingerprint density at radius 2 is 1.46 bits per heavy atom. The molecule has 3 aromatic carbocycles. The van der Waals surface area contributed by atoms with Gasteiger partial charge in [0, 0.05) is 0 Å². The van der Waals surface area contributed by atoms with E-state index in [9.17, 15) is 8.78 Å². The van der Waals surface area contributed by atoms with Gasteiger partial charge in [-0.05, 0) is 47.5 Å². The molecule has 5 heteroatoms. The molecule has 26 heavy (non-hydrogen) atoms. The van der Waals surface area contributed by atoms with Crippen molar-refractivity contribution in [3.05, 3.63) is 96.1 Å². The number of benzene rings is 3. The number of hydrogen-bond donors (Lipinski definition) is 0. The highest BCUT2D eigenvalue weighted by Gasteiger charge is 2.06. The fourth-order valence-corrected chi connectivity index (χ4v) is 2.43. The number of alkyl halides is 2. The van der Waals surface area contributed by atoms with Crippen LogP contribution in [0.5, 0.6) is 5.75 Å². The number of nitrogens with zero attached hydrogens (tertiary/aromatic N) is 2. The van der Waals surface area contributed by atoms with E-state index < -0.39 is 6.61 Å². The summed E-state index contributed by atoms with van der Waals surface area (Å²) < 4.78 is 28.8. The lowest BCUT2D eigenvalue weighted by Gasteiger charge is -2.19. The molecule has 0 spiro atoms. The van der Waals surface area contributed by atoms with Crippen molar-refractivity contribution in [2.24, 2.45) is 5.10 Å². The maximum Gasteiger partial charge on any atom is 0.387 e. The van der Waals surface area contributed by atoms with Crippen molar-refractivity contribution in [3.63, 3.8) is 0 Å². The van der Waals surface area contributed by atoms with Crippen molar-refractivity contribution in [2.75, 3.05) is 5.01 Å². The topological polar surface area (TPSA) is 24.8 Å². The van der Waals surface area contributed by atoms with Crippen LogP contribution in [0.1, 0.15) is 11.1 Å². The van der Waals surface area contributed by atoms with Crippen molar-refractivity contribution < 1.29 is 13.5 Å². The molecule has 0 aromatic heterocycles. The number of halogens is 2. The van der Waals surface area contributed by atoms with E-state index in [4.69, 9.17) is 0 Å². The van der Waals surface area contributed by atoms with Gasteiger partial charge in [-0.2, -0.15) is 13.9 Å². The van der Waals surface area contributed by atoms with Crippen LogP contribution in [0.25, 0.3) is 0 Å². The first-order chi connectivity index (χ1) is 12.7. The number of rotatable bonds is 7. The molecule has 0 N–H and O–H groups in total. The minimum Gasteiger partial charge on any atom is -0.435 e. The third-order valence-electron chi connectivity index (χ3n) is 3.68. The summed E-state index contributed by atoms with van der Waals surface area (Å²) in [5.41, 5.74) is 2.89. The zero-order valence-corrected chi connectivity index (χ0v) is 14.0. The molecule has 3 aromatic rings. The average molecular weight is 352 g/mol. The predicted octanol–water partition coefficient (Wildman–Crippen LogP) is 5.33. The van der Waals surface area contributed by atoms with Gasteiger partial charge >= 0.3 is 6.61 Å². The lowest BCUT2D eigenvalue weighted by Crippen LogP contribution is -2.16. The highest BCUT2D eigenvalue weighted by atomic mass is 19.3. The third-order valence-corrected chi connectivity index (χ3v) is 3.68. The van der Waals surface area contributed by atoms with Crippen LogP contribution in [-0.2, 0) is 6.54 Å². The quantitative estimate of drug-likeness (QED) is 0.424. The predicted molar refractivity (Wildman–Crippen MR) is 99.7 cm³/mol. The Morgan fingerprint density at radius 1 is 0.846 bits per heavy atom. The van der Waals surface area contributed by atoms with Gasteiger partial charge in [0.2, 0.25) is 0 Å². The molecule has 0 radical (unpaired) electrons. The number of para-hydroxylation sites is 1. The van der Waals surface area contributed by atoms with E-state index in [-0.39, 0.29) is 5.75 Å². The second kappa shape index (κ2) is 8.76. The van der Waals surface area contributed by atoms with E-state index in [1.165, 1.54) is 12.1 Å². The van der Waals surface area contributed by atoms with Gasteiger partial charge in [0.15, 0.2) is 0 Å². The number of hydrazone groups is 1. The second-order valence-electron chi connectivity index (χ2n) is 5.57. The van der Waals surface area contributed by atoms with Crippen molar-refractivity contribution in [3.8, 4) is 5.75 Å². The van der Waals surface area contributed by atoms with Crippen LogP contribution in [0.4, 0.5) is 14.5 Å². The maximum atomic E-state index is 12.2. The normalized spacial score (nSPS) is 11.0. The molecule has 0 heterocycles. The molecule has 132 valence electrons. The van der Waals surface area contributed by atoms with E-state index in [1.54, 1.807) is 18.3 Å². The molecule has 0 amide bonds. The van der Waals surface area contributed by atoms with Gasteiger partial charge in [-0.1, -0.05) is 48.5 Å². The lowest BCUT2D eigenvalue weighted by molar-refractivity contribution is -0.0498. The van der Waals surface area contributed by atoms with E-state index in [2.05, 4.69) is 9.84 Å². The summed E-state index contributed by atoms with van der Waals surface area (Å²) in [6.07, 6.45) is 1.70. The molecule has 3 nitrogen and oxygen atoms in total. The summed E-state index contributed by atoms with van der Waals surface area (Å²) in [4.78, 5) is 0. The van der Waals surface area contributed by atoms with Gasteiger partial charge in [-0.3, -0.25) is 5.01 Å². The van der Waals surface area contributed by atoms with E-state index in [1.807, 2.05) is 65.7 Å². The van der Waals surface area contributed by atoms with Crippen molar-refractivity contribution in [1.29, 1.82) is 0 Å². The summed E-state index contributed by atoms with van der Waals surface area (Å²) >= 11 is 0. The Balaban J connectivity index is 1.77. The van der Waals surface area contributed by atoms with Crippen molar-refractivity contribution in [2.45, 2.75) is 13.2 Å². The summed E-state index contributed by atoms with van der Waals surface area (Å²) in [7, 11) is 0. The molecule has 0 bridgehead atoms. The Labute approximate surface area is 151 Å². The minimum atomic E-state index is -2.83. The second-order valence-corrected chi connectivity index (χ2v) is 5.57. The SMILES string of the molecule is FC(F)Oc1ccc(C=NN(Cc2ccccc2)c2ccccc2)cc1. The molecule has 0 aliphatic heterocycles. The molecule has 0 unspecified atom stereocenters. The van der Waals surface area contributed by atoms with Crippen LogP contribution in [0.15, 0.2) is 90.0 Å². The third kappa shape index (κ3) is 5.14.